The third kappa shape index (κ3) is 7.83. The summed E-state index contributed by atoms with van der Waals surface area (Å²) in [7, 11) is 0. The number of pyridine rings is 1. The van der Waals surface area contributed by atoms with Gasteiger partial charge < -0.3 is 20.6 Å². The number of anilines is 1. The zero-order valence-electron chi connectivity index (χ0n) is 25.5. The van der Waals surface area contributed by atoms with Crippen LogP contribution in [0.2, 0.25) is 0 Å². The van der Waals surface area contributed by atoms with Gasteiger partial charge in [0.1, 0.15) is 23.3 Å². The first kappa shape index (κ1) is 33.5. The van der Waals surface area contributed by atoms with Gasteiger partial charge in [-0.3, -0.25) is 19.5 Å². The van der Waals surface area contributed by atoms with E-state index in [1.807, 2.05) is 84.3 Å². The molecule has 0 aliphatic carbocycles. The van der Waals surface area contributed by atoms with Crippen molar-refractivity contribution < 1.29 is 24.0 Å². The molecule has 6 rings (SSSR count). The van der Waals surface area contributed by atoms with Crippen molar-refractivity contribution in [2.45, 2.75) is 23.6 Å². The largest absolute Gasteiger partial charge is 0.448 e. The van der Waals surface area contributed by atoms with E-state index in [-0.39, 0.29) is 16.7 Å². The second-order valence-electron chi connectivity index (χ2n) is 10.4. The van der Waals surface area contributed by atoms with Crippen LogP contribution in [0.25, 0.3) is 6.08 Å². The monoisotopic (exact) mass is 709 g/mol. The Hall–Kier alpha value is -5.43. The van der Waals surface area contributed by atoms with Crippen LogP contribution in [0.1, 0.15) is 34.7 Å². The first-order valence-corrected chi connectivity index (χ1v) is 17.4. The molecule has 0 bridgehead atoms. The fourth-order valence-corrected chi connectivity index (χ4v) is 7.73. The van der Waals surface area contributed by atoms with Crippen molar-refractivity contribution in [2.24, 2.45) is 5.16 Å². The molecule has 0 radical (unpaired) electrons. The number of β-lactam (4-membered cyclic amide) rings is 1. The summed E-state index contributed by atoms with van der Waals surface area (Å²) in [4.78, 5) is 55.8. The second kappa shape index (κ2) is 15.6. The maximum atomic E-state index is 14.1. The van der Waals surface area contributed by atoms with Crippen LogP contribution >= 0.6 is 35.1 Å². The van der Waals surface area contributed by atoms with Gasteiger partial charge in [-0.25, -0.2) is 4.79 Å². The second-order valence-corrected chi connectivity index (χ2v) is 13.2. The Balaban J connectivity index is 1.21. The van der Waals surface area contributed by atoms with E-state index in [1.165, 1.54) is 28.4 Å². The molecule has 15 heteroatoms. The van der Waals surface area contributed by atoms with Gasteiger partial charge in [-0.2, -0.15) is 9.36 Å². The van der Waals surface area contributed by atoms with Crippen molar-refractivity contribution in [2.75, 3.05) is 11.5 Å². The summed E-state index contributed by atoms with van der Waals surface area (Å²) in [6, 6.07) is 21.6. The zero-order chi connectivity index (χ0) is 34.2. The predicted octanol–water partition coefficient (Wildman–Crippen LogP) is 4.54. The zero-order valence-corrected chi connectivity index (χ0v) is 27.9. The summed E-state index contributed by atoms with van der Waals surface area (Å²) in [5.41, 5.74) is 8.15. The highest BCUT2D eigenvalue weighted by atomic mass is 32.2. The smallest absolute Gasteiger partial charge is 0.356 e. The number of carbonyl (C=O) groups is 3. The maximum Gasteiger partial charge on any atom is 0.356 e. The summed E-state index contributed by atoms with van der Waals surface area (Å²) in [5.74, 6) is 1.03. The summed E-state index contributed by atoms with van der Waals surface area (Å²) in [6.45, 7) is 0. The Morgan fingerprint density at radius 3 is 2.49 bits per heavy atom. The van der Waals surface area contributed by atoms with Gasteiger partial charge in [-0.15, -0.1) is 18.2 Å². The minimum Gasteiger partial charge on any atom is -0.448 e. The summed E-state index contributed by atoms with van der Waals surface area (Å²) >= 11 is 3.68. The first-order valence-electron chi connectivity index (χ1n) is 14.7. The van der Waals surface area contributed by atoms with E-state index < -0.39 is 41.4 Å². The minimum absolute atomic E-state index is 0.126. The van der Waals surface area contributed by atoms with E-state index in [2.05, 4.69) is 30.7 Å². The van der Waals surface area contributed by atoms with Crippen LogP contribution in [-0.2, 0) is 24.0 Å². The number of nitrogen functional groups attached to an aromatic ring is 1. The van der Waals surface area contributed by atoms with Crippen LogP contribution in [0.5, 0.6) is 0 Å². The Bertz CT molecular complexity index is 1910. The van der Waals surface area contributed by atoms with E-state index in [9.17, 15) is 14.4 Å². The maximum absolute atomic E-state index is 14.1. The average Bonchev–Trinajstić information content (AvgIpc) is 3.57. The lowest BCUT2D eigenvalue weighted by Gasteiger charge is -2.49. The average molecular weight is 710 g/mol. The predicted molar refractivity (Wildman–Crippen MR) is 189 cm³/mol. The molecule has 4 aromatic rings. The molecule has 0 saturated carbocycles. The molecule has 2 amide bonds. The molecule has 2 aromatic heterocycles. The van der Waals surface area contributed by atoms with Gasteiger partial charge in [0.05, 0.1) is 0 Å². The van der Waals surface area contributed by atoms with Crippen molar-refractivity contribution in [3.05, 3.63) is 124 Å². The molecule has 4 heterocycles. The number of aromatic nitrogens is 3. The normalized spacial score (nSPS) is 17.8. The number of benzene rings is 2. The van der Waals surface area contributed by atoms with E-state index in [4.69, 9.17) is 21.7 Å². The third-order valence-corrected chi connectivity index (χ3v) is 10.1. The Kier molecular flexibility index (Phi) is 10.7. The number of amides is 2. The molecule has 1 fully saturated rings. The molecule has 3 N–H and O–H groups in total. The standard InChI is InChI=1S/C34H27N7O5S3/c1-2-24(30-39-34(35)49-40-30)46-37-19-26(42)38-27-31(43)41-28(25(20-48-32(27)41)47-17-15-21-10-9-16-36-18-21)33(44)45-29(22-11-5-3-6-12-22)23-13-7-4-8-14-23/h1,3-19,24,27,29,32H,20H2,(H,38,42)(H2,35,39,40)/b17-15-,37-19+. The summed E-state index contributed by atoms with van der Waals surface area (Å²) in [6.07, 6.45) is 9.83. The third-order valence-electron chi connectivity index (χ3n) is 7.19. The van der Waals surface area contributed by atoms with Gasteiger partial charge in [0.25, 0.3) is 11.8 Å². The van der Waals surface area contributed by atoms with E-state index in [0.717, 1.165) is 34.4 Å². The number of hydrogen-bond donors (Lipinski definition) is 2. The van der Waals surface area contributed by atoms with Crippen molar-refractivity contribution in [1.82, 2.24) is 24.6 Å². The number of ether oxygens (including phenoxy) is 1. The van der Waals surface area contributed by atoms with Gasteiger partial charge >= 0.3 is 5.97 Å². The van der Waals surface area contributed by atoms with E-state index >= 15 is 0 Å². The quantitative estimate of drug-likeness (QED) is 0.0699. The minimum atomic E-state index is -1.05. The summed E-state index contributed by atoms with van der Waals surface area (Å²) < 4.78 is 10.2. The number of hydrogen-bond acceptors (Lipinski definition) is 13. The number of fused-ring (bicyclic) bond motifs is 1. The molecule has 3 unspecified atom stereocenters. The van der Waals surface area contributed by atoms with Crippen LogP contribution in [0.3, 0.4) is 0 Å². The molecule has 2 aromatic carbocycles. The van der Waals surface area contributed by atoms with Crippen molar-refractivity contribution in [3.8, 4) is 12.3 Å². The lowest BCUT2D eigenvalue weighted by atomic mass is 10.0. The Morgan fingerprint density at radius 2 is 1.86 bits per heavy atom. The fourth-order valence-electron chi connectivity index (χ4n) is 4.92. The van der Waals surface area contributed by atoms with Gasteiger partial charge in [-0.05, 0) is 34.2 Å². The first-order chi connectivity index (χ1) is 23.9. The Morgan fingerprint density at radius 1 is 1.12 bits per heavy atom. The molecule has 1 saturated heterocycles. The van der Waals surface area contributed by atoms with Crippen molar-refractivity contribution in [3.63, 3.8) is 0 Å². The molecule has 12 nitrogen and oxygen atoms in total. The number of thioether (sulfide) groups is 2. The van der Waals surface area contributed by atoms with Crippen LogP contribution in [0.15, 0.2) is 106 Å². The number of nitrogens with two attached hydrogens (primary N) is 1. The van der Waals surface area contributed by atoms with Gasteiger partial charge in [0.15, 0.2) is 11.2 Å². The van der Waals surface area contributed by atoms with Gasteiger partial charge in [-0.1, -0.05) is 89.6 Å². The highest BCUT2D eigenvalue weighted by Crippen LogP contribution is 2.44. The number of nitrogens with zero attached hydrogens (tertiary/aromatic N) is 5. The highest BCUT2D eigenvalue weighted by Gasteiger charge is 2.54. The number of carbonyl (C=O) groups excluding carboxylic acids is 3. The number of rotatable bonds is 12. The molecule has 49 heavy (non-hydrogen) atoms. The SMILES string of the molecule is C#CC(O/N=C/C(=O)NC1C(=O)N2C(C(=O)OC(c3ccccc3)c3ccccc3)=C(S/C=C\c3cccnc3)CSC12)c1nsc(N)n1. The summed E-state index contributed by atoms with van der Waals surface area (Å²) in [5, 5.41) is 7.78. The number of esters is 1. The van der Waals surface area contributed by atoms with Gasteiger partial charge in [0.2, 0.25) is 11.9 Å². The Labute approximate surface area is 294 Å². The molecule has 2 aliphatic heterocycles. The molecular weight excluding hydrogens is 683 g/mol. The topological polar surface area (TPSA) is 162 Å². The van der Waals surface area contributed by atoms with E-state index in [0.29, 0.717) is 10.7 Å². The molecule has 3 atom stereocenters. The number of oxime groups is 1. The lowest BCUT2D eigenvalue weighted by molar-refractivity contribution is -0.154. The highest BCUT2D eigenvalue weighted by molar-refractivity contribution is 8.08. The lowest BCUT2D eigenvalue weighted by Crippen LogP contribution is -2.70. The number of nitrogens with one attached hydrogen (secondary N) is 1. The number of terminal acetylenes is 1. The molecule has 2 aliphatic rings. The van der Waals surface area contributed by atoms with Crippen molar-refractivity contribution in [1.29, 1.82) is 0 Å². The van der Waals surface area contributed by atoms with E-state index in [1.54, 1.807) is 12.4 Å². The van der Waals surface area contributed by atoms with Crippen molar-refractivity contribution >= 4 is 70.3 Å². The fraction of sp³-hybridized carbons (Fsp3) is 0.147. The van der Waals surface area contributed by atoms with Crippen LogP contribution < -0.4 is 11.1 Å². The molecular formula is C34H27N7O5S3. The van der Waals surface area contributed by atoms with Crippen LogP contribution in [0.4, 0.5) is 5.13 Å². The molecule has 0 spiro atoms. The van der Waals surface area contributed by atoms with Gasteiger partial charge in [0, 0.05) is 34.6 Å². The van der Waals surface area contributed by atoms with Crippen LogP contribution in [-0.4, -0.2) is 60.4 Å². The molecule has 246 valence electrons. The van der Waals surface area contributed by atoms with Crippen LogP contribution in [0, 0.1) is 12.3 Å².